The molecule has 0 unspecified atom stereocenters. The van der Waals surface area contributed by atoms with Crippen LogP contribution in [0.2, 0.25) is 0 Å². The van der Waals surface area contributed by atoms with Crippen LogP contribution < -0.4 is 14.8 Å². The number of benzene rings is 2. The maximum absolute atomic E-state index is 12.6. The van der Waals surface area contributed by atoms with E-state index in [1.165, 1.54) is 56.0 Å². The van der Waals surface area contributed by atoms with Gasteiger partial charge in [0.15, 0.2) is 11.5 Å². The van der Waals surface area contributed by atoms with Crippen LogP contribution in [0.4, 0.5) is 11.4 Å². The first-order valence-corrected chi connectivity index (χ1v) is 12.5. The van der Waals surface area contributed by atoms with E-state index < -0.39 is 10.8 Å². The first-order chi connectivity index (χ1) is 16.9. The topological polar surface area (TPSA) is 114 Å². The van der Waals surface area contributed by atoms with Crippen molar-refractivity contribution in [2.75, 3.05) is 18.5 Å². The Bertz CT molecular complexity index is 1090. The summed E-state index contributed by atoms with van der Waals surface area (Å²) in [6.45, 7) is 5.04. The summed E-state index contributed by atoms with van der Waals surface area (Å²) >= 11 is 3.51. The van der Waals surface area contributed by atoms with Crippen molar-refractivity contribution in [2.24, 2.45) is 0 Å². The minimum Gasteiger partial charge on any atom is -0.490 e. The molecule has 8 nitrogen and oxygen atoms in total. The second kappa shape index (κ2) is 14.8. The number of hydrogen-bond donors (Lipinski definition) is 1. The maximum Gasteiger partial charge on any atom is 0.271 e. The molecule has 0 fully saturated rings. The number of nitriles is 1. The predicted octanol–water partition coefficient (Wildman–Crippen LogP) is 7.04. The van der Waals surface area contributed by atoms with Crippen molar-refractivity contribution in [3.63, 3.8) is 0 Å². The predicted molar refractivity (Wildman–Crippen MR) is 139 cm³/mol. The molecule has 9 heteroatoms. The van der Waals surface area contributed by atoms with Crippen molar-refractivity contribution in [1.82, 2.24) is 0 Å². The number of nitro benzene ring substituents is 1. The first-order valence-electron chi connectivity index (χ1n) is 11.7. The summed E-state index contributed by atoms with van der Waals surface area (Å²) in [6, 6.07) is 10.9. The molecular weight excluding hydrogens is 514 g/mol. The lowest BCUT2D eigenvalue weighted by Gasteiger charge is -2.15. The van der Waals surface area contributed by atoms with Gasteiger partial charge in [-0.15, -0.1) is 0 Å². The molecule has 0 spiro atoms. The van der Waals surface area contributed by atoms with E-state index in [4.69, 9.17) is 9.47 Å². The molecule has 1 N–H and O–H groups in total. The molecule has 2 aromatic carbocycles. The van der Waals surface area contributed by atoms with E-state index in [0.717, 1.165) is 12.8 Å². The van der Waals surface area contributed by atoms with Crippen LogP contribution in [0.1, 0.15) is 57.9 Å². The van der Waals surface area contributed by atoms with Gasteiger partial charge in [0.05, 0.1) is 22.6 Å². The van der Waals surface area contributed by atoms with Crippen molar-refractivity contribution in [2.45, 2.75) is 52.4 Å². The number of carbonyl (C=O) groups is 1. The molecule has 186 valence electrons. The maximum atomic E-state index is 12.6. The molecule has 0 saturated carbocycles. The molecule has 2 rings (SSSR count). The Morgan fingerprint density at radius 3 is 2.57 bits per heavy atom. The molecular formula is C26H30BrN3O5. The van der Waals surface area contributed by atoms with Crippen LogP contribution in [0.5, 0.6) is 11.5 Å². The van der Waals surface area contributed by atoms with E-state index >= 15 is 0 Å². The monoisotopic (exact) mass is 543 g/mol. The van der Waals surface area contributed by atoms with Gasteiger partial charge in [0.25, 0.3) is 11.6 Å². The Balaban J connectivity index is 2.15. The Morgan fingerprint density at radius 1 is 1.14 bits per heavy atom. The Morgan fingerprint density at radius 2 is 1.89 bits per heavy atom. The number of nitro groups is 1. The van der Waals surface area contributed by atoms with Crippen molar-refractivity contribution in [3.05, 3.63) is 62.1 Å². The smallest absolute Gasteiger partial charge is 0.271 e. The summed E-state index contributed by atoms with van der Waals surface area (Å²) in [5, 5.41) is 23.0. The van der Waals surface area contributed by atoms with Gasteiger partial charge in [0, 0.05) is 17.8 Å². The second-order valence-electron chi connectivity index (χ2n) is 7.81. The third-order valence-corrected chi connectivity index (χ3v) is 5.66. The van der Waals surface area contributed by atoms with Crippen LogP contribution in [0.15, 0.2) is 46.4 Å². The largest absolute Gasteiger partial charge is 0.490 e. The van der Waals surface area contributed by atoms with Gasteiger partial charge in [-0.3, -0.25) is 14.9 Å². The fourth-order valence-corrected chi connectivity index (χ4v) is 3.92. The molecule has 0 heterocycles. The summed E-state index contributed by atoms with van der Waals surface area (Å²) in [4.78, 5) is 23.0. The molecule has 0 aliphatic carbocycles. The second-order valence-corrected chi connectivity index (χ2v) is 8.66. The van der Waals surface area contributed by atoms with Crippen molar-refractivity contribution < 1.29 is 19.2 Å². The number of unbranched alkanes of at least 4 members (excludes halogenated alkanes) is 5. The van der Waals surface area contributed by atoms with Crippen LogP contribution >= 0.6 is 15.9 Å². The molecule has 0 atom stereocenters. The van der Waals surface area contributed by atoms with Crippen LogP contribution in [0, 0.1) is 21.4 Å². The number of rotatable bonds is 14. The number of amides is 1. The highest BCUT2D eigenvalue weighted by Crippen LogP contribution is 2.37. The molecule has 0 radical (unpaired) electrons. The van der Waals surface area contributed by atoms with Crippen LogP contribution in [0.25, 0.3) is 6.08 Å². The highest BCUT2D eigenvalue weighted by Gasteiger charge is 2.15. The van der Waals surface area contributed by atoms with Crippen molar-refractivity contribution >= 4 is 39.3 Å². The van der Waals surface area contributed by atoms with E-state index in [-0.39, 0.29) is 16.9 Å². The summed E-state index contributed by atoms with van der Waals surface area (Å²) in [6.07, 6.45) is 8.37. The first kappa shape index (κ1) is 27.9. The summed E-state index contributed by atoms with van der Waals surface area (Å²) in [5.74, 6) is 0.415. The number of ether oxygens (including phenoxy) is 2. The zero-order valence-corrected chi connectivity index (χ0v) is 21.6. The van der Waals surface area contributed by atoms with Crippen LogP contribution in [-0.2, 0) is 4.79 Å². The van der Waals surface area contributed by atoms with Gasteiger partial charge in [0.2, 0.25) is 0 Å². The highest BCUT2D eigenvalue weighted by molar-refractivity contribution is 9.10. The third-order valence-electron chi connectivity index (χ3n) is 5.07. The average Bonchev–Trinajstić information content (AvgIpc) is 2.83. The zero-order chi connectivity index (χ0) is 25.6. The van der Waals surface area contributed by atoms with Gasteiger partial charge >= 0.3 is 0 Å². The lowest BCUT2D eigenvalue weighted by Crippen LogP contribution is -2.13. The van der Waals surface area contributed by atoms with E-state index in [1.807, 2.05) is 13.0 Å². The molecule has 2 aromatic rings. The van der Waals surface area contributed by atoms with E-state index in [2.05, 4.69) is 28.2 Å². The minimum atomic E-state index is -0.675. The lowest BCUT2D eigenvalue weighted by molar-refractivity contribution is -0.384. The fraction of sp³-hybridized carbons (Fsp3) is 0.385. The number of anilines is 1. The SMILES string of the molecule is CCCCCCCCOc1c(Br)cc(/C=C(/C#N)C(=O)Nc2cccc([N+](=O)[O-])c2)cc1OCC. The van der Waals surface area contributed by atoms with Crippen molar-refractivity contribution in [3.8, 4) is 17.6 Å². The average molecular weight is 544 g/mol. The van der Waals surface area contributed by atoms with Crippen molar-refractivity contribution in [1.29, 1.82) is 5.26 Å². The van der Waals surface area contributed by atoms with Crippen LogP contribution in [-0.4, -0.2) is 24.0 Å². The van der Waals surface area contributed by atoms with Gasteiger partial charge in [-0.25, -0.2) is 0 Å². The molecule has 0 saturated heterocycles. The van der Waals surface area contributed by atoms with Gasteiger partial charge < -0.3 is 14.8 Å². The number of halogens is 1. The molecule has 35 heavy (non-hydrogen) atoms. The highest BCUT2D eigenvalue weighted by atomic mass is 79.9. The zero-order valence-electron chi connectivity index (χ0n) is 20.0. The summed E-state index contributed by atoms with van der Waals surface area (Å²) < 4.78 is 12.4. The van der Waals surface area contributed by atoms with Gasteiger partial charge in [0.1, 0.15) is 11.6 Å². The fourth-order valence-electron chi connectivity index (χ4n) is 3.34. The Labute approximate surface area is 214 Å². The Kier molecular flexibility index (Phi) is 11.8. The van der Waals surface area contributed by atoms with E-state index in [9.17, 15) is 20.2 Å². The van der Waals surface area contributed by atoms with E-state index in [1.54, 1.807) is 12.1 Å². The number of carbonyl (C=O) groups excluding carboxylic acids is 1. The molecule has 0 aliphatic heterocycles. The lowest BCUT2D eigenvalue weighted by atomic mass is 10.1. The van der Waals surface area contributed by atoms with Gasteiger partial charge in [-0.1, -0.05) is 45.1 Å². The van der Waals surface area contributed by atoms with E-state index in [0.29, 0.717) is 34.7 Å². The standard InChI is InChI=1S/C26H30BrN3O5/c1-3-5-6-7-8-9-13-35-25-23(27)15-19(16-24(25)34-4-2)14-20(18-28)26(31)29-21-11-10-12-22(17-21)30(32)33/h10-12,14-17H,3-9,13H2,1-2H3,(H,29,31)/b20-14-. The normalized spacial score (nSPS) is 11.0. The molecule has 0 aliphatic rings. The molecule has 0 bridgehead atoms. The number of nitrogens with zero attached hydrogens (tertiary/aromatic N) is 2. The Hall–Kier alpha value is -3.38. The summed E-state index contributed by atoms with van der Waals surface area (Å²) in [7, 11) is 0. The third kappa shape index (κ3) is 9.06. The minimum absolute atomic E-state index is 0.160. The number of non-ortho nitro benzene ring substituents is 1. The number of hydrogen-bond acceptors (Lipinski definition) is 6. The summed E-state index contributed by atoms with van der Waals surface area (Å²) in [5.41, 5.74) is 0.469. The van der Waals surface area contributed by atoms with Crippen LogP contribution in [0.3, 0.4) is 0 Å². The molecule has 1 amide bonds. The van der Waals surface area contributed by atoms with Gasteiger partial charge in [-0.05, 0) is 59.1 Å². The molecule has 0 aromatic heterocycles. The quantitative estimate of drug-likeness (QED) is 0.0897. The number of nitrogens with one attached hydrogen (secondary N) is 1. The van der Waals surface area contributed by atoms with Gasteiger partial charge in [-0.2, -0.15) is 5.26 Å².